The van der Waals surface area contributed by atoms with E-state index in [1.54, 1.807) is 0 Å². The summed E-state index contributed by atoms with van der Waals surface area (Å²) in [5.41, 5.74) is -2.75. The number of hydrogen-bond donors (Lipinski definition) is 0. The van der Waals surface area contributed by atoms with Crippen molar-refractivity contribution in [3.05, 3.63) is 58.9 Å². The van der Waals surface area contributed by atoms with Gasteiger partial charge in [-0.25, -0.2) is 13.2 Å². The van der Waals surface area contributed by atoms with Crippen LogP contribution in [-0.4, -0.2) is 6.29 Å². The zero-order chi connectivity index (χ0) is 15.8. The van der Waals surface area contributed by atoms with Crippen LogP contribution in [0.4, 0.5) is 26.3 Å². The molecule has 7 heteroatoms. The van der Waals surface area contributed by atoms with Gasteiger partial charge in [-0.1, -0.05) is 12.1 Å². The van der Waals surface area contributed by atoms with E-state index in [-0.39, 0.29) is 11.1 Å². The molecule has 2 aromatic rings. The Labute approximate surface area is 114 Å². The number of rotatable bonds is 2. The molecule has 0 heterocycles. The van der Waals surface area contributed by atoms with Gasteiger partial charge in [-0.05, 0) is 23.8 Å². The van der Waals surface area contributed by atoms with E-state index >= 15 is 0 Å². The van der Waals surface area contributed by atoms with E-state index in [0.29, 0.717) is 18.4 Å². The molecule has 1 nitrogen and oxygen atoms in total. The first-order valence-electron chi connectivity index (χ1n) is 5.55. The van der Waals surface area contributed by atoms with Crippen LogP contribution in [0.25, 0.3) is 11.1 Å². The van der Waals surface area contributed by atoms with Gasteiger partial charge in [0.05, 0.1) is 0 Å². The molecule has 0 spiro atoms. The standard InChI is InChI=1S/C14H6F6O/c15-10-3-7(6-21)1-2-9(10)8-4-11(16)13(12(17)5-8)14(18,19)20/h1-6H. The van der Waals surface area contributed by atoms with Crippen LogP contribution >= 0.6 is 0 Å². The fourth-order valence-electron chi connectivity index (χ4n) is 1.84. The topological polar surface area (TPSA) is 17.1 Å². The average molecular weight is 304 g/mol. The van der Waals surface area contributed by atoms with E-state index in [9.17, 15) is 31.1 Å². The Morgan fingerprint density at radius 1 is 0.857 bits per heavy atom. The number of hydrogen-bond acceptors (Lipinski definition) is 1. The fourth-order valence-corrected chi connectivity index (χ4v) is 1.84. The normalized spacial score (nSPS) is 11.5. The van der Waals surface area contributed by atoms with Crippen LogP contribution in [0, 0.1) is 17.5 Å². The van der Waals surface area contributed by atoms with Crippen LogP contribution in [0.5, 0.6) is 0 Å². The van der Waals surface area contributed by atoms with Crippen molar-refractivity contribution in [3.63, 3.8) is 0 Å². The summed E-state index contributed by atoms with van der Waals surface area (Å²) in [5, 5.41) is 0. The van der Waals surface area contributed by atoms with Crippen LogP contribution in [-0.2, 0) is 6.18 Å². The quantitative estimate of drug-likeness (QED) is 0.585. The number of halogens is 6. The summed E-state index contributed by atoms with van der Waals surface area (Å²) in [6.07, 6.45) is -4.83. The summed E-state index contributed by atoms with van der Waals surface area (Å²) < 4.78 is 77.8. The Balaban J connectivity index is 2.59. The van der Waals surface area contributed by atoms with Gasteiger partial charge < -0.3 is 0 Å². The van der Waals surface area contributed by atoms with Crippen molar-refractivity contribution in [1.82, 2.24) is 0 Å². The Hall–Kier alpha value is -2.31. The summed E-state index contributed by atoms with van der Waals surface area (Å²) in [6.45, 7) is 0. The van der Waals surface area contributed by atoms with E-state index < -0.39 is 34.8 Å². The van der Waals surface area contributed by atoms with Crippen LogP contribution in [0.2, 0.25) is 0 Å². The molecule has 0 fully saturated rings. The first-order chi connectivity index (χ1) is 9.74. The molecule has 2 aromatic carbocycles. The van der Waals surface area contributed by atoms with Gasteiger partial charge in [0.25, 0.3) is 0 Å². The molecule has 0 aliphatic carbocycles. The lowest BCUT2D eigenvalue weighted by Gasteiger charge is -2.11. The summed E-state index contributed by atoms with van der Waals surface area (Å²) in [7, 11) is 0. The minimum atomic E-state index is -5.19. The molecule has 0 N–H and O–H groups in total. The SMILES string of the molecule is O=Cc1ccc(-c2cc(F)c(C(F)(F)F)c(F)c2)c(F)c1. The molecule has 110 valence electrons. The molecule has 0 amide bonds. The van der Waals surface area contributed by atoms with Gasteiger partial charge >= 0.3 is 6.18 Å². The lowest BCUT2D eigenvalue weighted by atomic mass is 10.0. The lowest BCUT2D eigenvalue weighted by molar-refractivity contribution is -0.142. The van der Waals surface area contributed by atoms with Crippen LogP contribution in [0.15, 0.2) is 30.3 Å². The van der Waals surface area contributed by atoms with Crippen molar-refractivity contribution < 1.29 is 31.1 Å². The van der Waals surface area contributed by atoms with Crippen LogP contribution in [0.3, 0.4) is 0 Å². The van der Waals surface area contributed by atoms with Crippen LogP contribution < -0.4 is 0 Å². The maximum absolute atomic E-state index is 13.7. The zero-order valence-electron chi connectivity index (χ0n) is 10.1. The largest absolute Gasteiger partial charge is 0.422 e. The number of aldehydes is 1. The number of carbonyl (C=O) groups is 1. The molecule has 0 bridgehead atoms. The first-order valence-corrected chi connectivity index (χ1v) is 5.55. The summed E-state index contributed by atoms with van der Waals surface area (Å²) >= 11 is 0. The maximum Gasteiger partial charge on any atom is 0.422 e. The molecule has 21 heavy (non-hydrogen) atoms. The second-order valence-electron chi connectivity index (χ2n) is 4.17. The van der Waals surface area contributed by atoms with Gasteiger partial charge in [0.2, 0.25) is 0 Å². The molecule has 0 unspecified atom stereocenters. The van der Waals surface area contributed by atoms with Gasteiger partial charge in [-0.3, -0.25) is 4.79 Å². The average Bonchev–Trinajstić information content (AvgIpc) is 2.35. The summed E-state index contributed by atoms with van der Waals surface area (Å²) in [4.78, 5) is 10.5. The molecular formula is C14H6F6O. The zero-order valence-corrected chi connectivity index (χ0v) is 10.1. The highest BCUT2D eigenvalue weighted by Crippen LogP contribution is 2.36. The third kappa shape index (κ3) is 2.91. The van der Waals surface area contributed by atoms with E-state index in [2.05, 4.69) is 0 Å². The second kappa shape index (κ2) is 5.23. The van der Waals surface area contributed by atoms with Crippen molar-refractivity contribution in [3.8, 4) is 11.1 Å². The van der Waals surface area contributed by atoms with E-state index in [4.69, 9.17) is 0 Å². The monoisotopic (exact) mass is 304 g/mol. The summed E-state index contributed by atoms with van der Waals surface area (Å²) in [5.74, 6) is -4.65. The van der Waals surface area contributed by atoms with Gasteiger partial charge in [0, 0.05) is 11.1 Å². The molecule has 0 radical (unpaired) electrons. The minimum absolute atomic E-state index is 0.0101. The van der Waals surface area contributed by atoms with Crippen molar-refractivity contribution >= 4 is 6.29 Å². The number of benzene rings is 2. The van der Waals surface area contributed by atoms with Crippen molar-refractivity contribution in [2.45, 2.75) is 6.18 Å². The van der Waals surface area contributed by atoms with Gasteiger partial charge in [0.15, 0.2) is 0 Å². The highest BCUT2D eigenvalue weighted by atomic mass is 19.4. The fraction of sp³-hybridized carbons (Fsp3) is 0.0714. The molecule has 0 aliphatic heterocycles. The highest BCUT2D eigenvalue weighted by molar-refractivity contribution is 5.77. The smallest absolute Gasteiger partial charge is 0.298 e. The van der Waals surface area contributed by atoms with Gasteiger partial charge in [-0.2, -0.15) is 13.2 Å². The Morgan fingerprint density at radius 3 is 1.86 bits per heavy atom. The van der Waals surface area contributed by atoms with Crippen molar-refractivity contribution in [2.75, 3.05) is 0 Å². The van der Waals surface area contributed by atoms with E-state index in [1.807, 2.05) is 0 Å². The minimum Gasteiger partial charge on any atom is -0.298 e. The van der Waals surface area contributed by atoms with E-state index in [0.717, 1.165) is 12.1 Å². The van der Waals surface area contributed by atoms with Gasteiger partial charge in [-0.15, -0.1) is 0 Å². The molecule has 0 saturated carbocycles. The molecule has 0 aromatic heterocycles. The lowest BCUT2D eigenvalue weighted by Crippen LogP contribution is -2.11. The maximum atomic E-state index is 13.7. The number of alkyl halides is 3. The summed E-state index contributed by atoms with van der Waals surface area (Å²) in [6, 6.07) is 3.84. The van der Waals surface area contributed by atoms with Crippen molar-refractivity contribution in [1.29, 1.82) is 0 Å². The Kier molecular flexibility index (Phi) is 3.76. The molecular weight excluding hydrogens is 298 g/mol. The third-order valence-electron chi connectivity index (χ3n) is 2.77. The first kappa shape index (κ1) is 15.1. The van der Waals surface area contributed by atoms with Crippen molar-refractivity contribution in [2.24, 2.45) is 0 Å². The predicted molar refractivity (Wildman–Crippen MR) is 62.1 cm³/mol. The molecule has 0 atom stereocenters. The molecule has 0 aliphatic rings. The second-order valence-corrected chi connectivity index (χ2v) is 4.17. The third-order valence-corrected chi connectivity index (χ3v) is 2.77. The predicted octanol–water partition coefficient (Wildman–Crippen LogP) is 4.60. The molecule has 0 saturated heterocycles. The Bertz CT molecular complexity index is 682. The van der Waals surface area contributed by atoms with Gasteiger partial charge in [0.1, 0.15) is 29.3 Å². The van der Waals surface area contributed by atoms with E-state index in [1.165, 1.54) is 6.07 Å². The van der Waals surface area contributed by atoms with Crippen LogP contribution in [0.1, 0.15) is 15.9 Å². The highest BCUT2D eigenvalue weighted by Gasteiger charge is 2.38. The number of carbonyl (C=O) groups excluding carboxylic acids is 1. The Morgan fingerprint density at radius 2 is 1.43 bits per heavy atom. The molecule has 2 rings (SSSR count).